The number of amides is 1. The van der Waals surface area contributed by atoms with Gasteiger partial charge in [-0.05, 0) is 24.1 Å². The number of halogens is 1. The van der Waals surface area contributed by atoms with Crippen molar-refractivity contribution in [1.29, 1.82) is 0 Å². The molecule has 1 aromatic carbocycles. The lowest BCUT2D eigenvalue weighted by atomic mass is 10.1. The van der Waals surface area contributed by atoms with E-state index in [2.05, 4.69) is 11.0 Å². The average molecular weight is 283 g/mol. The van der Waals surface area contributed by atoms with Crippen molar-refractivity contribution in [3.8, 4) is 0 Å². The van der Waals surface area contributed by atoms with Crippen LogP contribution in [0.1, 0.15) is 5.56 Å². The van der Waals surface area contributed by atoms with Crippen molar-refractivity contribution in [3.63, 3.8) is 0 Å². The number of carbonyl (C=O) groups is 1. The van der Waals surface area contributed by atoms with E-state index in [0.29, 0.717) is 0 Å². The third-order valence-electron chi connectivity index (χ3n) is 3.41. The predicted octanol–water partition coefficient (Wildman–Crippen LogP) is 2.27. The summed E-state index contributed by atoms with van der Waals surface area (Å²) in [4.78, 5) is 15.5. The van der Waals surface area contributed by atoms with Crippen LogP contribution in [-0.2, 0) is 11.2 Å². The molecule has 2 rings (SSSR count). The number of piperazine rings is 1. The summed E-state index contributed by atoms with van der Waals surface area (Å²) in [5.41, 5.74) is 1.25. The molecule has 0 bridgehead atoms. The summed E-state index contributed by atoms with van der Waals surface area (Å²) in [6.45, 7) is 4.27. The summed E-state index contributed by atoms with van der Waals surface area (Å²) in [5, 5.41) is 0.785. The molecule has 1 aliphatic rings. The van der Waals surface area contributed by atoms with E-state index in [1.165, 1.54) is 12.7 Å². The topological polar surface area (TPSA) is 32.8 Å². The fourth-order valence-corrected chi connectivity index (χ4v) is 2.48. The van der Waals surface area contributed by atoms with Gasteiger partial charge in [-0.3, -0.25) is 4.90 Å². The maximum absolute atomic E-state index is 11.4. The molecule has 4 nitrogen and oxygen atoms in total. The van der Waals surface area contributed by atoms with Gasteiger partial charge in [0.15, 0.2) is 0 Å². The number of methoxy groups -OCH3 is 1. The fraction of sp³-hybridized carbons (Fsp3) is 0.500. The van der Waals surface area contributed by atoms with Crippen molar-refractivity contribution in [3.05, 3.63) is 34.9 Å². The monoisotopic (exact) mass is 282 g/mol. The SMILES string of the molecule is COC(=O)N1CCN(CCc2cccc(Cl)c2)CC1. The maximum atomic E-state index is 11.4. The molecule has 0 aromatic heterocycles. The van der Waals surface area contributed by atoms with Gasteiger partial charge in [0.1, 0.15) is 0 Å². The van der Waals surface area contributed by atoms with Gasteiger partial charge in [0, 0.05) is 37.7 Å². The van der Waals surface area contributed by atoms with E-state index < -0.39 is 0 Å². The molecule has 1 fully saturated rings. The van der Waals surface area contributed by atoms with E-state index >= 15 is 0 Å². The Labute approximate surface area is 118 Å². The number of hydrogen-bond acceptors (Lipinski definition) is 3. The molecule has 1 amide bonds. The van der Waals surface area contributed by atoms with Crippen LogP contribution in [0.3, 0.4) is 0 Å². The Hall–Kier alpha value is -1.26. The van der Waals surface area contributed by atoms with E-state index in [9.17, 15) is 4.79 Å². The molecule has 0 atom stereocenters. The molecule has 1 saturated heterocycles. The lowest BCUT2D eigenvalue weighted by molar-refractivity contribution is 0.0914. The van der Waals surface area contributed by atoms with Crippen molar-refractivity contribution >= 4 is 17.7 Å². The molecule has 5 heteroatoms. The van der Waals surface area contributed by atoms with Crippen LogP contribution >= 0.6 is 11.6 Å². The first kappa shape index (κ1) is 14.2. The van der Waals surface area contributed by atoms with Crippen molar-refractivity contribution < 1.29 is 9.53 Å². The number of ether oxygens (including phenoxy) is 1. The van der Waals surface area contributed by atoms with E-state index in [1.54, 1.807) is 4.90 Å². The summed E-state index contributed by atoms with van der Waals surface area (Å²) in [5.74, 6) is 0. The first-order valence-corrected chi connectivity index (χ1v) is 6.86. The Kier molecular flexibility index (Phi) is 5.05. The van der Waals surface area contributed by atoms with Crippen molar-refractivity contribution in [1.82, 2.24) is 9.80 Å². The first-order chi connectivity index (χ1) is 9.19. The normalized spacial score (nSPS) is 16.4. The van der Waals surface area contributed by atoms with Crippen LogP contribution in [0.15, 0.2) is 24.3 Å². The first-order valence-electron chi connectivity index (χ1n) is 6.49. The van der Waals surface area contributed by atoms with E-state index in [4.69, 9.17) is 16.3 Å². The van der Waals surface area contributed by atoms with Gasteiger partial charge in [0.2, 0.25) is 0 Å². The van der Waals surface area contributed by atoms with Crippen LogP contribution in [0.4, 0.5) is 4.79 Å². The zero-order chi connectivity index (χ0) is 13.7. The van der Waals surface area contributed by atoms with E-state index in [-0.39, 0.29) is 6.09 Å². The summed E-state index contributed by atoms with van der Waals surface area (Å²) < 4.78 is 4.72. The summed E-state index contributed by atoms with van der Waals surface area (Å²) in [6.07, 6.45) is 0.758. The molecule has 1 aromatic rings. The molecule has 104 valence electrons. The minimum absolute atomic E-state index is 0.227. The van der Waals surface area contributed by atoms with Crippen LogP contribution in [-0.4, -0.2) is 55.7 Å². The van der Waals surface area contributed by atoms with Crippen molar-refractivity contribution in [2.24, 2.45) is 0 Å². The third kappa shape index (κ3) is 4.11. The van der Waals surface area contributed by atoms with Crippen LogP contribution in [0.25, 0.3) is 0 Å². The second-order valence-electron chi connectivity index (χ2n) is 4.68. The highest BCUT2D eigenvalue weighted by molar-refractivity contribution is 6.30. The number of rotatable bonds is 3. The van der Waals surface area contributed by atoms with Gasteiger partial charge >= 0.3 is 6.09 Å². The Morgan fingerprint density at radius 3 is 2.68 bits per heavy atom. The number of hydrogen-bond donors (Lipinski definition) is 0. The summed E-state index contributed by atoms with van der Waals surface area (Å²) in [6, 6.07) is 7.97. The Morgan fingerprint density at radius 2 is 2.05 bits per heavy atom. The van der Waals surface area contributed by atoms with Gasteiger partial charge < -0.3 is 9.64 Å². The molecule has 0 unspecified atom stereocenters. The molecule has 19 heavy (non-hydrogen) atoms. The Morgan fingerprint density at radius 1 is 1.32 bits per heavy atom. The maximum Gasteiger partial charge on any atom is 0.409 e. The second kappa shape index (κ2) is 6.78. The van der Waals surface area contributed by atoms with Crippen LogP contribution in [0.2, 0.25) is 5.02 Å². The van der Waals surface area contributed by atoms with Gasteiger partial charge in [0.05, 0.1) is 7.11 Å². The highest BCUT2D eigenvalue weighted by atomic mass is 35.5. The zero-order valence-corrected chi connectivity index (χ0v) is 11.9. The van der Waals surface area contributed by atoms with Gasteiger partial charge in [-0.1, -0.05) is 23.7 Å². The van der Waals surface area contributed by atoms with Crippen LogP contribution in [0.5, 0.6) is 0 Å². The number of carbonyl (C=O) groups excluding carboxylic acids is 1. The quantitative estimate of drug-likeness (QED) is 0.853. The molecular formula is C14H19ClN2O2. The standard InChI is InChI=1S/C14H19ClN2O2/c1-19-14(18)17-9-7-16(8-10-17)6-5-12-3-2-4-13(15)11-12/h2-4,11H,5-10H2,1H3. The number of benzene rings is 1. The molecule has 1 heterocycles. The summed E-state index contributed by atoms with van der Waals surface area (Å²) in [7, 11) is 1.42. The highest BCUT2D eigenvalue weighted by Gasteiger charge is 2.20. The lowest BCUT2D eigenvalue weighted by Crippen LogP contribution is -2.49. The average Bonchev–Trinajstić information content (AvgIpc) is 2.45. The Bertz CT molecular complexity index is 431. The smallest absolute Gasteiger partial charge is 0.409 e. The lowest BCUT2D eigenvalue weighted by Gasteiger charge is -2.33. The van der Waals surface area contributed by atoms with Gasteiger partial charge in [0.25, 0.3) is 0 Å². The predicted molar refractivity (Wildman–Crippen MR) is 75.6 cm³/mol. The minimum Gasteiger partial charge on any atom is -0.453 e. The Balaban J connectivity index is 1.75. The van der Waals surface area contributed by atoms with Crippen LogP contribution < -0.4 is 0 Å². The highest BCUT2D eigenvalue weighted by Crippen LogP contribution is 2.12. The molecular weight excluding hydrogens is 264 g/mol. The zero-order valence-electron chi connectivity index (χ0n) is 11.1. The fourth-order valence-electron chi connectivity index (χ4n) is 2.26. The third-order valence-corrected chi connectivity index (χ3v) is 3.65. The molecule has 0 spiro atoms. The minimum atomic E-state index is -0.227. The molecule has 0 aliphatic carbocycles. The molecule has 0 radical (unpaired) electrons. The molecule has 0 N–H and O–H groups in total. The largest absolute Gasteiger partial charge is 0.453 e. The van der Waals surface area contributed by atoms with E-state index in [1.807, 2.05) is 18.2 Å². The number of nitrogens with zero attached hydrogens (tertiary/aromatic N) is 2. The summed E-state index contributed by atoms with van der Waals surface area (Å²) >= 11 is 5.96. The van der Waals surface area contributed by atoms with Gasteiger partial charge in [-0.25, -0.2) is 4.79 Å². The van der Waals surface area contributed by atoms with E-state index in [0.717, 1.165) is 44.2 Å². The van der Waals surface area contributed by atoms with Crippen molar-refractivity contribution in [2.45, 2.75) is 6.42 Å². The molecule has 0 saturated carbocycles. The van der Waals surface area contributed by atoms with Crippen LogP contribution in [0, 0.1) is 0 Å². The van der Waals surface area contributed by atoms with Gasteiger partial charge in [-0.2, -0.15) is 0 Å². The van der Waals surface area contributed by atoms with Crippen molar-refractivity contribution in [2.75, 3.05) is 39.8 Å². The van der Waals surface area contributed by atoms with Gasteiger partial charge in [-0.15, -0.1) is 0 Å². The molecule has 1 aliphatic heterocycles. The second-order valence-corrected chi connectivity index (χ2v) is 5.12.